The zero-order valence-electron chi connectivity index (χ0n) is 15.7. The zero-order chi connectivity index (χ0) is 20.3. The van der Waals surface area contributed by atoms with E-state index in [0.717, 1.165) is 4.47 Å². The van der Waals surface area contributed by atoms with Crippen molar-refractivity contribution in [3.05, 3.63) is 52.5 Å². The van der Waals surface area contributed by atoms with Crippen LogP contribution in [-0.4, -0.2) is 63.9 Å². The average molecular weight is 468 g/mol. The number of methoxy groups -OCH3 is 1. The van der Waals surface area contributed by atoms with Gasteiger partial charge in [-0.3, -0.25) is 4.79 Å². The molecule has 1 amide bonds. The number of amides is 1. The highest BCUT2D eigenvalue weighted by molar-refractivity contribution is 9.10. The average Bonchev–Trinajstić information content (AvgIpc) is 2.68. The fourth-order valence-electron chi connectivity index (χ4n) is 2.94. The topological polar surface area (TPSA) is 78.9 Å². The molecule has 7 nitrogen and oxygen atoms in total. The highest BCUT2D eigenvalue weighted by Gasteiger charge is 2.27. The summed E-state index contributed by atoms with van der Waals surface area (Å²) in [7, 11) is -0.0594. The van der Waals surface area contributed by atoms with Crippen LogP contribution >= 0.6 is 15.9 Å². The van der Waals surface area contributed by atoms with E-state index < -0.39 is 10.0 Å². The number of hydrogen-bond acceptors (Lipinski definition) is 5. The summed E-state index contributed by atoms with van der Waals surface area (Å²) in [6, 6.07) is 11.4. The minimum atomic E-state index is -3.53. The van der Waals surface area contributed by atoms with Gasteiger partial charge in [-0.25, -0.2) is 8.42 Å². The Kier molecular flexibility index (Phi) is 6.39. The van der Waals surface area contributed by atoms with Gasteiger partial charge >= 0.3 is 0 Å². The number of anilines is 1. The molecule has 2 aromatic rings. The van der Waals surface area contributed by atoms with Crippen LogP contribution in [0.5, 0.6) is 5.75 Å². The molecular weight excluding hydrogens is 446 g/mol. The highest BCUT2D eigenvalue weighted by atomic mass is 79.9. The van der Waals surface area contributed by atoms with Gasteiger partial charge in [-0.2, -0.15) is 4.31 Å². The van der Waals surface area contributed by atoms with E-state index in [-0.39, 0.29) is 10.8 Å². The van der Waals surface area contributed by atoms with Gasteiger partial charge in [0.05, 0.1) is 17.6 Å². The number of carbonyl (C=O) groups is 1. The van der Waals surface area contributed by atoms with E-state index in [1.54, 1.807) is 30.3 Å². The maximum absolute atomic E-state index is 12.8. The second-order valence-electron chi connectivity index (χ2n) is 6.53. The van der Waals surface area contributed by atoms with Gasteiger partial charge in [0.2, 0.25) is 10.0 Å². The van der Waals surface area contributed by atoms with E-state index in [4.69, 9.17) is 4.74 Å². The molecule has 2 aromatic carbocycles. The van der Waals surface area contributed by atoms with Crippen LogP contribution in [0.4, 0.5) is 5.69 Å². The fourth-order valence-corrected chi connectivity index (χ4v) is 4.73. The molecule has 0 aromatic heterocycles. The van der Waals surface area contributed by atoms with Crippen molar-refractivity contribution in [2.45, 2.75) is 4.90 Å². The molecule has 1 saturated heterocycles. The highest BCUT2D eigenvalue weighted by Crippen LogP contribution is 2.25. The molecule has 0 saturated carbocycles. The molecular formula is C19H22BrN3O4S. The third kappa shape index (κ3) is 4.54. The molecule has 0 aliphatic carbocycles. The second kappa shape index (κ2) is 8.60. The van der Waals surface area contributed by atoms with E-state index in [9.17, 15) is 13.2 Å². The van der Waals surface area contributed by atoms with Crippen LogP contribution in [0.3, 0.4) is 0 Å². The largest absolute Gasteiger partial charge is 0.496 e. The van der Waals surface area contributed by atoms with Gasteiger partial charge in [-0.05, 0) is 49.5 Å². The van der Waals surface area contributed by atoms with Crippen molar-refractivity contribution < 1.29 is 17.9 Å². The van der Waals surface area contributed by atoms with Crippen molar-refractivity contribution in [3.63, 3.8) is 0 Å². The molecule has 0 radical (unpaired) electrons. The fraction of sp³-hybridized carbons (Fsp3) is 0.316. The van der Waals surface area contributed by atoms with Gasteiger partial charge in [-0.15, -0.1) is 0 Å². The summed E-state index contributed by atoms with van der Waals surface area (Å²) in [5.74, 6) is 0.114. The molecule has 28 heavy (non-hydrogen) atoms. The smallest absolute Gasteiger partial charge is 0.259 e. The number of likely N-dealkylation sites (N-methyl/N-ethyl adjacent to an activating group) is 1. The molecule has 1 heterocycles. The van der Waals surface area contributed by atoms with E-state index in [2.05, 4.69) is 26.1 Å². The van der Waals surface area contributed by atoms with E-state index in [0.29, 0.717) is 43.2 Å². The Labute approximate surface area is 173 Å². The SMILES string of the molecule is COc1ccc(Br)cc1C(=O)Nc1ccc(S(=O)(=O)N2CCN(C)CC2)cc1. The molecule has 0 spiro atoms. The van der Waals surface area contributed by atoms with Crippen LogP contribution in [0.15, 0.2) is 51.8 Å². The van der Waals surface area contributed by atoms with Crippen LogP contribution in [0, 0.1) is 0 Å². The number of nitrogens with zero attached hydrogens (tertiary/aromatic N) is 2. The summed E-state index contributed by atoms with van der Waals surface area (Å²) in [6.07, 6.45) is 0. The third-order valence-corrected chi connectivity index (χ3v) is 7.02. The lowest BCUT2D eigenvalue weighted by Crippen LogP contribution is -2.46. The number of benzene rings is 2. The van der Waals surface area contributed by atoms with Gasteiger partial charge in [0.25, 0.3) is 5.91 Å². The summed E-state index contributed by atoms with van der Waals surface area (Å²) in [6.45, 7) is 2.36. The minimum absolute atomic E-state index is 0.218. The summed E-state index contributed by atoms with van der Waals surface area (Å²) in [5, 5.41) is 2.77. The summed E-state index contributed by atoms with van der Waals surface area (Å²) >= 11 is 3.34. The Balaban J connectivity index is 1.74. The predicted molar refractivity (Wildman–Crippen MR) is 111 cm³/mol. The van der Waals surface area contributed by atoms with Gasteiger partial charge in [0.1, 0.15) is 5.75 Å². The number of piperazine rings is 1. The van der Waals surface area contributed by atoms with Gasteiger partial charge < -0.3 is 15.0 Å². The van der Waals surface area contributed by atoms with Gasteiger partial charge in [0, 0.05) is 36.3 Å². The summed E-state index contributed by atoms with van der Waals surface area (Å²) in [5.41, 5.74) is 0.885. The van der Waals surface area contributed by atoms with Gasteiger partial charge in [0.15, 0.2) is 0 Å². The first-order valence-electron chi connectivity index (χ1n) is 8.75. The van der Waals surface area contributed by atoms with Gasteiger partial charge in [-0.1, -0.05) is 15.9 Å². The Hall–Kier alpha value is -1.94. The number of rotatable bonds is 5. The number of ether oxygens (including phenoxy) is 1. The van der Waals surface area contributed by atoms with E-state index >= 15 is 0 Å². The van der Waals surface area contributed by atoms with Crippen LogP contribution in [-0.2, 0) is 10.0 Å². The monoisotopic (exact) mass is 467 g/mol. The number of nitrogens with one attached hydrogen (secondary N) is 1. The summed E-state index contributed by atoms with van der Waals surface area (Å²) in [4.78, 5) is 14.9. The first-order valence-corrected chi connectivity index (χ1v) is 11.0. The first-order chi connectivity index (χ1) is 13.3. The van der Waals surface area contributed by atoms with Crippen molar-refractivity contribution in [1.29, 1.82) is 0 Å². The van der Waals surface area contributed by atoms with E-state index in [1.807, 2.05) is 7.05 Å². The maximum atomic E-state index is 12.8. The zero-order valence-corrected chi connectivity index (χ0v) is 18.1. The Morgan fingerprint density at radius 1 is 1.07 bits per heavy atom. The van der Waals surface area contributed by atoms with Crippen molar-refractivity contribution in [3.8, 4) is 5.75 Å². The van der Waals surface area contributed by atoms with Crippen molar-refractivity contribution in [1.82, 2.24) is 9.21 Å². The number of carbonyl (C=O) groups excluding carboxylic acids is 1. The molecule has 0 atom stereocenters. The molecule has 150 valence electrons. The molecule has 0 unspecified atom stereocenters. The summed E-state index contributed by atoms with van der Waals surface area (Å²) < 4.78 is 33.0. The predicted octanol–water partition coefficient (Wildman–Crippen LogP) is 2.65. The number of halogens is 1. The van der Waals surface area contributed by atoms with Crippen molar-refractivity contribution in [2.75, 3.05) is 45.7 Å². The molecule has 1 N–H and O–H groups in total. The Morgan fingerprint density at radius 3 is 2.32 bits per heavy atom. The van der Waals surface area contributed by atoms with Crippen LogP contribution in [0.2, 0.25) is 0 Å². The lowest BCUT2D eigenvalue weighted by atomic mass is 10.2. The van der Waals surface area contributed by atoms with Crippen molar-refractivity contribution >= 4 is 37.5 Å². The standard InChI is InChI=1S/C19H22BrN3O4S/c1-22-9-11-23(12-10-22)28(25,26)16-6-4-15(5-7-16)21-19(24)17-13-14(20)3-8-18(17)27-2/h3-8,13H,9-12H2,1-2H3,(H,21,24). The molecule has 1 aliphatic rings. The number of hydrogen-bond donors (Lipinski definition) is 1. The Morgan fingerprint density at radius 2 is 1.71 bits per heavy atom. The third-order valence-electron chi connectivity index (χ3n) is 4.62. The van der Waals surface area contributed by atoms with Crippen LogP contribution in [0.1, 0.15) is 10.4 Å². The molecule has 9 heteroatoms. The first kappa shape index (κ1) is 20.8. The van der Waals surface area contributed by atoms with Crippen LogP contribution in [0.25, 0.3) is 0 Å². The van der Waals surface area contributed by atoms with E-state index in [1.165, 1.54) is 23.5 Å². The van der Waals surface area contributed by atoms with Crippen molar-refractivity contribution in [2.24, 2.45) is 0 Å². The lowest BCUT2D eigenvalue weighted by molar-refractivity contribution is 0.102. The Bertz CT molecular complexity index is 956. The second-order valence-corrected chi connectivity index (χ2v) is 9.38. The quantitative estimate of drug-likeness (QED) is 0.730. The molecule has 3 rings (SSSR count). The van der Waals surface area contributed by atoms with Crippen LogP contribution < -0.4 is 10.1 Å². The molecule has 0 bridgehead atoms. The number of sulfonamides is 1. The molecule has 1 aliphatic heterocycles. The maximum Gasteiger partial charge on any atom is 0.259 e. The normalized spacial score (nSPS) is 16.0. The molecule has 1 fully saturated rings. The minimum Gasteiger partial charge on any atom is -0.496 e. The lowest BCUT2D eigenvalue weighted by Gasteiger charge is -2.31.